The molecule has 0 saturated heterocycles. The van der Waals surface area contributed by atoms with E-state index >= 15 is 0 Å². The monoisotopic (exact) mass is 304 g/mol. The number of hydrogen-bond donors (Lipinski definition) is 1. The molecule has 20 heavy (non-hydrogen) atoms. The van der Waals surface area contributed by atoms with Gasteiger partial charge in [0.1, 0.15) is 17.3 Å². The highest BCUT2D eigenvalue weighted by molar-refractivity contribution is 7.71. The highest BCUT2D eigenvalue weighted by Gasteiger charge is 2.32. The number of hydrogen-bond acceptors (Lipinski definition) is 3. The maximum atomic E-state index is 13.3. The number of aromatic nitrogens is 2. The summed E-state index contributed by atoms with van der Waals surface area (Å²) in [6.45, 7) is 0. The lowest BCUT2D eigenvalue weighted by Gasteiger charge is -2.11. The third kappa shape index (κ3) is 2.96. The van der Waals surface area contributed by atoms with E-state index in [0.29, 0.717) is 0 Å². The van der Waals surface area contributed by atoms with E-state index in [0.717, 1.165) is 18.2 Å². The van der Waals surface area contributed by atoms with Crippen LogP contribution in [0.4, 0.5) is 17.6 Å². The molecule has 1 aromatic heterocycles. The Balaban J connectivity index is 2.67. The van der Waals surface area contributed by atoms with Crippen molar-refractivity contribution in [3.8, 4) is 17.0 Å². The molecule has 3 nitrogen and oxygen atoms in total. The SMILES string of the molecule is COc1ccc(F)cc1-c1cc(C(F)(F)F)[nH]c(=S)n1. The van der Waals surface area contributed by atoms with Gasteiger partial charge in [-0.1, -0.05) is 0 Å². The minimum atomic E-state index is -4.61. The Labute approximate surface area is 116 Å². The van der Waals surface area contributed by atoms with Crippen molar-refractivity contribution in [3.05, 3.63) is 40.5 Å². The van der Waals surface area contributed by atoms with Gasteiger partial charge in [0, 0.05) is 5.56 Å². The van der Waals surface area contributed by atoms with Gasteiger partial charge in [-0.3, -0.25) is 0 Å². The molecule has 0 atom stereocenters. The van der Waals surface area contributed by atoms with Crippen LogP contribution < -0.4 is 4.74 Å². The summed E-state index contributed by atoms with van der Waals surface area (Å²) >= 11 is 4.67. The maximum absolute atomic E-state index is 13.3. The molecular formula is C12H8F4N2OS. The second kappa shape index (κ2) is 5.20. The van der Waals surface area contributed by atoms with Crippen LogP contribution in [-0.4, -0.2) is 17.1 Å². The van der Waals surface area contributed by atoms with Gasteiger partial charge in [0.15, 0.2) is 4.77 Å². The first-order chi connectivity index (χ1) is 9.31. The van der Waals surface area contributed by atoms with Crippen molar-refractivity contribution in [1.82, 2.24) is 9.97 Å². The Hall–Kier alpha value is -1.96. The van der Waals surface area contributed by atoms with Crippen LogP contribution in [0.2, 0.25) is 0 Å². The van der Waals surface area contributed by atoms with E-state index in [2.05, 4.69) is 17.2 Å². The third-order valence-corrected chi connectivity index (χ3v) is 2.68. The molecule has 0 aliphatic rings. The van der Waals surface area contributed by atoms with E-state index < -0.39 is 17.7 Å². The molecule has 0 amide bonds. The molecule has 0 radical (unpaired) electrons. The second-order valence-corrected chi connectivity index (χ2v) is 4.21. The fourth-order valence-electron chi connectivity index (χ4n) is 1.63. The zero-order valence-electron chi connectivity index (χ0n) is 10.1. The topological polar surface area (TPSA) is 37.9 Å². The van der Waals surface area contributed by atoms with E-state index in [-0.39, 0.29) is 21.8 Å². The number of halogens is 4. The third-order valence-electron chi connectivity index (χ3n) is 2.49. The minimum absolute atomic E-state index is 0.0955. The number of methoxy groups -OCH3 is 1. The Morgan fingerprint density at radius 1 is 1.25 bits per heavy atom. The molecule has 0 unspecified atom stereocenters. The molecule has 0 aliphatic carbocycles. The summed E-state index contributed by atoms with van der Waals surface area (Å²) in [6, 6.07) is 4.24. The van der Waals surface area contributed by atoms with Gasteiger partial charge >= 0.3 is 6.18 Å². The minimum Gasteiger partial charge on any atom is -0.496 e. The van der Waals surface area contributed by atoms with E-state index in [9.17, 15) is 17.6 Å². The van der Waals surface area contributed by atoms with E-state index in [1.54, 1.807) is 0 Å². The fourth-order valence-corrected chi connectivity index (χ4v) is 1.84. The van der Waals surface area contributed by atoms with Crippen molar-refractivity contribution < 1.29 is 22.3 Å². The number of ether oxygens (including phenoxy) is 1. The summed E-state index contributed by atoms with van der Waals surface area (Å²) in [4.78, 5) is 5.73. The second-order valence-electron chi connectivity index (χ2n) is 3.83. The molecule has 0 bridgehead atoms. The van der Waals surface area contributed by atoms with Crippen LogP contribution in [0.25, 0.3) is 11.3 Å². The lowest BCUT2D eigenvalue weighted by Crippen LogP contribution is -2.09. The van der Waals surface area contributed by atoms with E-state index in [4.69, 9.17) is 4.74 Å². The van der Waals surface area contributed by atoms with E-state index in [1.165, 1.54) is 13.2 Å². The number of aromatic amines is 1. The lowest BCUT2D eigenvalue weighted by atomic mass is 10.1. The Bertz CT molecular complexity index is 697. The van der Waals surface area contributed by atoms with Gasteiger partial charge in [-0.15, -0.1) is 0 Å². The highest BCUT2D eigenvalue weighted by Crippen LogP contribution is 2.33. The average Bonchev–Trinajstić information content (AvgIpc) is 2.37. The predicted molar refractivity (Wildman–Crippen MR) is 66.4 cm³/mol. The first-order valence-corrected chi connectivity index (χ1v) is 5.74. The maximum Gasteiger partial charge on any atom is 0.431 e. The quantitative estimate of drug-likeness (QED) is 0.674. The zero-order valence-corrected chi connectivity index (χ0v) is 10.9. The molecule has 1 aromatic carbocycles. The molecule has 0 aliphatic heterocycles. The van der Waals surface area contributed by atoms with Crippen molar-refractivity contribution >= 4 is 12.2 Å². The van der Waals surface area contributed by atoms with Gasteiger partial charge in [-0.05, 0) is 36.5 Å². The largest absolute Gasteiger partial charge is 0.496 e. The van der Waals surface area contributed by atoms with E-state index in [1.807, 2.05) is 4.98 Å². The van der Waals surface area contributed by atoms with Gasteiger partial charge in [-0.2, -0.15) is 13.2 Å². The van der Waals surface area contributed by atoms with Crippen LogP contribution in [0, 0.1) is 10.6 Å². The van der Waals surface area contributed by atoms with Crippen molar-refractivity contribution in [1.29, 1.82) is 0 Å². The summed E-state index contributed by atoms with van der Waals surface area (Å²) in [6.07, 6.45) is -4.61. The number of alkyl halides is 3. The molecule has 0 fully saturated rings. The predicted octanol–water partition coefficient (Wildman–Crippen LogP) is 3.97. The first kappa shape index (κ1) is 14.4. The molecular weight excluding hydrogens is 296 g/mol. The average molecular weight is 304 g/mol. The summed E-state index contributed by atoms with van der Waals surface area (Å²) in [7, 11) is 1.32. The van der Waals surface area contributed by atoms with Gasteiger partial charge in [-0.25, -0.2) is 9.37 Å². The van der Waals surface area contributed by atoms with Crippen LogP contribution in [0.3, 0.4) is 0 Å². The molecule has 0 saturated carbocycles. The number of H-pyrrole nitrogens is 1. The highest BCUT2D eigenvalue weighted by atomic mass is 32.1. The number of benzene rings is 1. The molecule has 8 heteroatoms. The number of nitrogens with one attached hydrogen (secondary N) is 1. The Morgan fingerprint density at radius 3 is 2.55 bits per heavy atom. The summed E-state index contributed by atoms with van der Waals surface area (Å²) in [5, 5.41) is 0. The van der Waals surface area contributed by atoms with Gasteiger partial charge in [0.25, 0.3) is 0 Å². The van der Waals surface area contributed by atoms with Gasteiger partial charge in [0.2, 0.25) is 0 Å². The van der Waals surface area contributed by atoms with Crippen LogP contribution in [0.5, 0.6) is 5.75 Å². The standard InChI is InChI=1S/C12H8F4N2OS/c1-19-9-3-2-6(13)4-7(9)8-5-10(12(14,15)16)18-11(20)17-8/h2-5H,1H3,(H,17,18,20). The Kier molecular flexibility index (Phi) is 3.76. The smallest absolute Gasteiger partial charge is 0.431 e. The molecule has 0 spiro atoms. The number of rotatable bonds is 2. The summed E-state index contributed by atoms with van der Waals surface area (Å²) in [5.74, 6) is -0.414. The molecule has 1 heterocycles. The summed E-state index contributed by atoms with van der Waals surface area (Å²) < 4.78 is 56.1. The van der Waals surface area contributed by atoms with Gasteiger partial charge in [0.05, 0.1) is 12.8 Å². The molecule has 2 aromatic rings. The van der Waals surface area contributed by atoms with Crippen LogP contribution >= 0.6 is 12.2 Å². The molecule has 1 N–H and O–H groups in total. The molecule has 106 valence electrons. The first-order valence-electron chi connectivity index (χ1n) is 5.34. The fraction of sp³-hybridized carbons (Fsp3) is 0.167. The lowest BCUT2D eigenvalue weighted by molar-refractivity contribution is -0.141. The number of nitrogens with zero attached hydrogens (tertiary/aromatic N) is 1. The Morgan fingerprint density at radius 2 is 1.95 bits per heavy atom. The van der Waals surface area contributed by atoms with Crippen LogP contribution in [0.15, 0.2) is 24.3 Å². The van der Waals surface area contributed by atoms with Crippen molar-refractivity contribution in [3.63, 3.8) is 0 Å². The van der Waals surface area contributed by atoms with Crippen molar-refractivity contribution in [2.24, 2.45) is 0 Å². The van der Waals surface area contributed by atoms with Crippen molar-refractivity contribution in [2.75, 3.05) is 7.11 Å². The zero-order chi connectivity index (χ0) is 14.9. The van der Waals surface area contributed by atoms with Crippen LogP contribution in [0.1, 0.15) is 5.69 Å². The van der Waals surface area contributed by atoms with Gasteiger partial charge < -0.3 is 9.72 Å². The molecule has 2 rings (SSSR count). The summed E-state index contributed by atoms with van der Waals surface area (Å²) in [5.41, 5.74) is -1.07. The normalized spacial score (nSPS) is 11.4. The van der Waals surface area contributed by atoms with Crippen molar-refractivity contribution in [2.45, 2.75) is 6.18 Å². The van der Waals surface area contributed by atoms with Crippen LogP contribution in [-0.2, 0) is 6.18 Å².